The molecule has 0 aliphatic carbocycles. The van der Waals surface area contributed by atoms with Crippen molar-refractivity contribution in [2.24, 2.45) is 0 Å². The molecule has 0 amide bonds. The highest BCUT2D eigenvalue weighted by Crippen LogP contribution is 1.87. The zero-order valence-corrected chi connectivity index (χ0v) is 7.35. The van der Waals surface area contributed by atoms with Gasteiger partial charge in [0.15, 0.2) is 0 Å². The molecule has 0 bridgehead atoms. The Morgan fingerprint density at radius 1 is 1.42 bits per heavy atom. The summed E-state index contributed by atoms with van der Waals surface area (Å²) in [6.07, 6.45) is 0.820. The Labute approximate surface area is 72.1 Å². The van der Waals surface area contributed by atoms with Crippen molar-refractivity contribution in [3.63, 3.8) is 0 Å². The monoisotopic (exact) mass is 168 g/mol. The van der Waals surface area contributed by atoms with E-state index in [0.29, 0.717) is 19.4 Å². The second-order valence-corrected chi connectivity index (χ2v) is 2.22. The molecule has 0 aromatic carbocycles. The van der Waals surface area contributed by atoms with E-state index in [1.54, 1.807) is 6.92 Å². The normalized spacial score (nSPS) is 8.17. The molecule has 0 heterocycles. The smallest absolute Gasteiger partial charge is 0.384 e. The predicted molar refractivity (Wildman–Crippen MR) is 44.3 cm³/mol. The number of Topliss-reactive ketones (excluding diaryl/α,β-unsaturated/α-hetero) is 1. The minimum Gasteiger partial charge on any atom is -0.456 e. The summed E-state index contributed by atoms with van der Waals surface area (Å²) in [5.41, 5.74) is 0. The van der Waals surface area contributed by atoms with Crippen LogP contribution >= 0.6 is 0 Å². The maximum absolute atomic E-state index is 10.6. The Hall–Kier alpha value is -1.30. The highest BCUT2D eigenvalue weighted by Gasteiger charge is 1.92. The van der Waals surface area contributed by atoms with Gasteiger partial charge in [-0.1, -0.05) is 5.92 Å². The third-order valence-corrected chi connectivity index (χ3v) is 1.07. The van der Waals surface area contributed by atoms with E-state index in [9.17, 15) is 9.59 Å². The SMILES string of the molecule is CCOC(=O)C#CCCC(C)=O. The van der Waals surface area contributed by atoms with Gasteiger partial charge >= 0.3 is 5.97 Å². The lowest BCUT2D eigenvalue weighted by atomic mass is 10.2. The lowest BCUT2D eigenvalue weighted by molar-refractivity contribution is -0.136. The van der Waals surface area contributed by atoms with Crippen LogP contribution in [0.4, 0.5) is 0 Å². The number of carbonyl (C=O) groups excluding carboxylic acids is 2. The molecular weight excluding hydrogens is 156 g/mol. The summed E-state index contributed by atoms with van der Waals surface area (Å²) >= 11 is 0. The van der Waals surface area contributed by atoms with Crippen LogP contribution in [0.5, 0.6) is 0 Å². The number of rotatable bonds is 3. The van der Waals surface area contributed by atoms with Crippen molar-refractivity contribution in [3.05, 3.63) is 0 Å². The number of carbonyl (C=O) groups is 2. The van der Waals surface area contributed by atoms with Crippen molar-refractivity contribution in [2.45, 2.75) is 26.7 Å². The quantitative estimate of drug-likeness (QED) is 0.357. The molecule has 0 aromatic heterocycles. The summed E-state index contributed by atoms with van der Waals surface area (Å²) in [4.78, 5) is 21.0. The summed E-state index contributed by atoms with van der Waals surface area (Å²) in [7, 11) is 0. The molecule has 0 N–H and O–H groups in total. The van der Waals surface area contributed by atoms with Crippen LogP contribution in [-0.4, -0.2) is 18.4 Å². The predicted octanol–water partition coefficient (Wildman–Crippen LogP) is 0.922. The van der Waals surface area contributed by atoms with Gasteiger partial charge in [0.1, 0.15) is 5.78 Å². The number of ketones is 1. The Morgan fingerprint density at radius 3 is 2.58 bits per heavy atom. The van der Waals surface area contributed by atoms with Gasteiger partial charge < -0.3 is 4.74 Å². The van der Waals surface area contributed by atoms with Crippen molar-refractivity contribution in [1.29, 1.82) is 0 Å². The van der Waals surface area contributed by atoms with E-state index in [0.717, 1.165) is 0 Å². The maximum atomic E-state index is 10.6. The fourth-order valence-electron chi connectivity index (χ4n) is 0.540. The van der Waals surface area contributed by atoms with Gasteiger partial charge in [-0.3, -0.25) is 4.79 Å². The van der Waals surface area contributed by atoms with E-state index < -0.39 is 5.97 Å². The summed E-state index contributed by atoms with van der Waals surface area (Å²) in [6.45, 7) is 3.54. The van der Waals surface area contributed by atoms with Crippen molar-refractivity contribution in [1.82, 2.24) is 0 Å². The second kappa shape index (κ2) is 6.41. The van der Waals surface area contributed by atoms with Gasteiger partial charge in [-0.15, -0.1) is 0 Å². The van der Waals surface area contributed by atoms with Crippen LogP contribution in [0.2, 0.25) is 0 Å². The van der Waals surface area contributed by atoms with E-state index >= 15 is 0 Å². The van der Waals surface area contributed by atoms with Crippen LogP contribution in [0.1, 0.15) is 26.7 Å². The zero-order chi connectivity index (χ0) is 9.40. The molecule has 0 aliphatic rings. The Morgan fingerprint density at radius 2 is 2.08 bits per heavy atom. The van der Waals surface area contributed by atoms with Gasteiger partial charge in [0.2, 0.25) is 0 Å². The molecule has 3 heteroatoms. The third kappa shape index (κ3) is 6.81. The molecule has 0 atom stereocenters. The molecule has 0 aromatic rings. The molecule has 0 saturated carbocycles. The van der Waals surface area contributed by atoms with Gasteiger partial charge in [0.25, 0.3) is 0 Å². The fraction of sp³-hybridized carbons (Fsp3) is 0.556. The highest BCUT2D eigenvalue weighted by molar-refractivity contribution is 5.88. The standard InChI is InChI=1S/C9H12O3/c1-3-12-9(11)7-5-4-6-8(2)10/h3-4,6H2,1-2H3. The highest BCUT2D eigenvalue weighted by atomic mass is 16.5. The average molecular weight is 168 g/mol. The van der Waals surface area contributed by atoms with Gasteiger partial charge in [0.05, 0.1) is 6.61 Å². The summed E-state index contributed by atoms with van der Waals surface area (Å²) in [5, 5.41) is 0. The lowest BCUT2D eigenvalue weighted by Gasteiger charge is -1.90. The number of ether oxygens (including phenoxy) is 1. The van der Waals surface area contributed by atoms with Gasteiger partial charge in [-0.05, 0) is 13.8 Å². The number of esters is 1. The second-order valence-electron chi connectivity index (χ2n) is 2.22. The van der Waals surface area contributed by atoms with Gasteiger partial charge in [0, 0.05) is 18.8 Å². The summed E-state index contributed by atoms with van der Waals surface area (Å²) < 4.78 is 4.55. The first kappa shape index (κ1) is 10.7. The van der Waals surface area contributed by atoms with Gasteiger partial charge in [-0.2, -0.15) is 0 Å². The van der Waals surface area contributed by atoms with E-state index in [1.807, 2.05) is 0 Å². The van der Waals surface area contributed by atoms with Crippen LogP contribution in [0, 0.1) is 11.8 Å². The fourth-order valence-corrected chi connectivity index (χ4v) is 0.540. The van der Waals surface area contributed by atoms with E-state index in [2.05, 4.69) is 16.6 Å². The number of hydrogen-bond donors (Lipinski definition) is 0. The molecule has 0 aliphatic heterocycles. The maximum Gasteiger partial charge on any atom is 0.384 e. The van der Waals surface area contributed by atoms with Crippen molar-refractivity contribution in [2.75, 3.05) is 6.61 Å². The van der Waals surface area contributed by atoms with Crippen LogP contribution < -0.4 is 0 Å². The molecular formula is C9H12O3. The molecule has 0 spiro atoms. The molecule has 0 rings (SSSR count). The molecule has 12 heavy (non-hydrogen) atoms. The molecule has 3 nitrogen and oxygen atoms in total. The third-order valence-electron chi connectivity index (χ3n) is 1.07. The van der Waals surface area contributed by atoms with Crippen LogP contribution in [0.25, 0.3) is 0 Å². The first-order valence-electron chi connectivity index (χ1n) is 3.82. The Bertz CT molecular complexity index is 220. The van der Waals surface area contributed by atoms with Crippen molar-refractivity contribution >= 4 is 11.8 Å². The van der Waals surface area contributed by atoms with E-state index in [-0.39, 0.29) is 5.78 Å². The summed E-state index contributed by atoms with van der Waals surface area (Å²) in [5.74, 6) is 4.38. The molecule has 0 unspecified atom stereocenters. The largest absolute Gasteiger partial charge is 0.456 e. The van der Waals surface area contributed by atoms with E-state index in [4.69, 9.17) is 0 Å². The lowest BCUT2D eigenvalue weighted by Crippen LogP contribution is -1.99. The molecule has 0 saturated heterocycles. The van der Waals surface area contributed by atoms with Crippen LogP contribution in [0.3, 0.4) is 0 Å². The van der Waals surface area contributed by atoms with Crippen LogP contribution in [-0.2, 0) is 14.3 Å². The van der Waals surface area contributed by atoms with Crippen LogP contribution in [0.15, 0.2) is 0 Å². The van der Waals surface area contributed by atoms with Gasteiger partial charge in [-0.25, -0.2) is 4.79 Å². The Balaban J connectivity index is 3.58. The Kier molecular flexibility index (Phi) is 5.72. The van der Waals surface area contributed by atoms with E-state index in [1.165, 1.54) is 6.92 Å². The molecule has 66 valence electrons. The first-order valence-corrected chi connectivity index (χ1v) is 3.82. The molecule has 0 fully saturated rings. The first-order chi connectivity index (χ1) is 5.66. The summed E-state index contributed by atoms with van der Waals surface area (Å²) in [6, 6.07) is 0. The van der Waals surface area contributed by atoms with Crippen molar-refractivity contribution < 1.29 is 14.3 Å². The molecule has 0 radical (unpaired) electrons. The minimum atomic E-state index is -0.527. The topological polar surface area (TPSA) is 43.4 Å². The zero-order valence-electron chi connectivity index (χ0n) is 7.35. The minimum absolute atomic E-state index is 0.0770. The van der Waals surface area contributed by atoms with Crippen molar-refractivity contribution in [3.8, 4) is 11.8 Å². The average Bonchev–Trinajstić information content (AvgIpc) is 1.98. The number of hydrogen-bond acceptors (Lipinski definition) is 3.